The smallest absolute Gasteiger partial charge is 0.314 e. The second-order valence-corrected chi connectivity index (χ2v) is 4.72. The van der Waals surface area contributed by atoms with Crippen molar-refractivity contribution in [2.75, 3.05) is 10.6 Å². The zero-order valence-electron chi connectivity index (χ0n) is 11.7. The first-order valence-electron chi connectivity index (χ1n) is 6.41. The molecule has 0 atom stereocenters. The number of nitrogens with one attached hydrogen (secondary N) is 2. The van der Waals surface area contributed by atoms with E-state index in [1.165, 1.54) is 18.2 Å². The van der Waals surface area contributed by atoms with E-state index in [9.17, 15) is 14.0 Å². The van der Waals surface area contributed by atoms with Crippen LogP contribution in [0.5, 0.6) is 0 Å². The lowest BCUT2D eigenvalue weighted by Crippen LogP contribution is -2.29. The van der Waals surface area contributed by atoms with Gasteiger partial charge < -0.3 is 10.6 Å². The van der Waals surface area contributed by atoms with Crippen molar-refractivity contribution >= 4 is 23.2 Å². The summed E-state index contributed by atoms with van der Waals surface area (Å²) in [6.45, 7) is 3.87. The maximum absolute atomic E-state index is 13.0. The molecule has 0 bridgehead atoms. The average Bonchev–Trinajstić information content (AvgIpc) is 2.43. The first-order chi connectivity index (χ1) is 9.95. The minimum atomic E-state index is -0.848. The molecule has 0 saturated carbocycles. The number of amides is 2. The summed E-state index contributed by atoms with van der Waals surface area (Å²) < 4.78 is 13.0. The zero-order chi connectivity index (χ0) is 15.4. The van der Waals surface area contributed by atoms with Crippen molar-refractivity contribution in [3.8, 4) is 0 Å². The summed E-state index contributed by atoms with van der Waals surface area (Å²) in [7, 11) is 0. The SMILES string of the molecule is Cc1ccc(NC(=O)C(=O)Nc2cccc(F)c2)cc1C. The molecular formula is C16H15FN2O2. The normalized spacial score (nSPS) is 10.0. The molecule has 5 heteroatoms. The number of hydrogen-bond donors (Lipinski definition) is 2. The van der Waals surface area contributed by atoms with Gasteiger partial charge in [-0.1, -0.05) is 12.1 Å². The van der Waals surface area contributed by atoms with E-state index in [0.717, 1.165) is 17.2 Å². The lowest BCUT2D eigenvalue weighted by atomic mass is 10.1. The Hall–Kier alpha value is -2.69. The monoisotopic (exact) mass is 286 g/mol. The van der Waals surface area contributed by atoms with E-state index in [1.54, 1.807) is 12.1 Å². The Morgan fingerprint density at radius 2 is 1.48 bits per heavy atom. The summed E-state index contributed by atoms with van der Waals surface area (Å²) >= 11 is 0. The highest BCUT2D eigenvalue weighted by atomic mass is 19.1. The molecule has 2 amide bonds. The van der Waals surface area contributed by atoms with Gasteiger partial charge in [-0.2, -0.15) is 0 Å². The van der Waals surface area contributed by atoms with Crippen LogP contribution in [0, 0.1) is 19.7 Å². The van der Waals surface area contributed by atoms with E-state index in [1.807, 2.05) is 19.9 Å². The first-order valence-corrected chi connectivity index (χ1v) is 6.41. The van der Waals surface area contributed by atoms with Gasteiger partial charge in [0.15, 0.2) is 0 Å². The molecule has 0 aliphatic carbocycles. The van der Waals surface area contributed by atoms with E-state index in [-0.39, 0.29) is 5.69 Å². The lowest BCUT2D eigenvalue weighted by molar-refractivity contribution is -0.133. The Morgan fingerprint density at radius 1 is 0.857 bits per heavy atom. The van der Waals surface area contributed by atoms with E-state index >= 15 is 0 Å². The molecule has 2 aromatic rings. The van der Waals surface area contributed by atoms with E-state index in [0.29, 0.717) is 5.69 Å². The quantitative estimate of drug-likeness (QED) is 0.834. The molecule has 0 fully saturated rings. The predicted molar refractivity (Wildman–Crippen MR) is 79.6 cm³/mol. The van der Waals surface area contributed by atoms with Gasteiger partial charge in [0.05, 0.1) is 0 Å². The predicted octanol–water partition coefficient (Wildman–Crippen LogP) is 3.02. The standard InChI is InChI=1S/C16H15FN2O2/c1-10-6-7-14(8-11(10)2)19-16(21)15(20)18-13-5-3-4-12(17)9-13/h3-9H,1-2H3,(H,18,20)(H,19,21). The van der Waals surface area contributed by atoms with Crippen LogP contribution in [0.3, 0.4) is 0 Å². The number of halogens is 1. The maximum atomic E-state index is 13.0. The van der Waals surface area contributed by atoms with Gasteiger partial charge in [0, 0.05) is 11.4 Å². The van der Waals surface area contributed by atoms with Gasteiger partial charge in [0.2, 0.25) is 0 Å². The summed E-state index contributed by atoms with van der Waals surface area (Å²) in [5.41, 5.74) is 2.88. The highest BCUT2D eigenvalue weighted by Crippen LogP contribution is 2.14. The Balaban J connectivity index is 2.02. The van der Waals surface area contributed by atoms with Crippen LogP contribution < -0.4 is 10.6 Å². The Morgan fingerprint density at radius 3 is 2.05 bits per heavy atom. The number of rotatable bonds is 2. The third-order valence-corrected chi connectivity index (χ3v) is 3.05. The Bertz CT molecular complexity index is 698. The summed E-state index contributed by atoms with van der Waals surface area (Å²) in [5, 5.41) is 4.84. The van der Waals surface area contributed by atoms with Gasteiger partial charge in [0.1, 0.15) is 5.82 Å². The topological polar surface area (TPSA) is 58.2 Å². The number of anilines is 2. The molecule has 2 aromatic carbocycles. The molecule has 0 heterocycles. The van der Waals surface area contributed by atoms with Gasteiger partial charge in [-0.15, -0.1) is 0 Å². The van der Waals surface area contributed by atoms with Crippen molar-refractivity contribution in [2.24, 2.45) is 0 Å². The fourth-order valence-electron chi connectivity index (χ4n) is 1.76. The fraction of sp³-hybridized carbons (Fsp3) is 0.125. The molecule has 0 aliphatic heterocycles. The van der Waals surface area contributed by atoms with Crippen LogP contribution in [0.4, 0.5) is 15.8 Å². The van der Waals surface area contributed by atoms with Crippen LogP contribution in [0.2, 0.25) is 0 Å². The number of carbonyl (C=O) groups excluding carboxylic acids is 2. The molecule has 2 rings (SSSR count). The molecule has 0 unspecified atom stereocenters. The molecule has 2 N–H and O–H groups in total. The average molecular weight is 286 g/mol. The van der Waals surface area contributed by atoms with Crippen LogP contribution in [0.1, 0.15) is 11.1 Å². The summed E-state index contributed by atoms with van der Waals surface area (Å²) in [6, 6.07) is 10.7. The van der Waals surface area contributed by atoms with Crippen LogP contribution in [-0.2, 0) is 9.59 Å². The van der Waals surface area contributed by atoms with Crippen LogP contribution in [0.25, 0.3) is 0 Å². The van der Waals surface area contributed by atoms with Crippen LogP contribution >= 0.6 is 0 Å². The van der Waals surface area contributed by atoms with Crippen molar-refractivity contribution in [2.45, 2.75) is 13.8 Å². The van der Waals surface area contributed by atoms with Crippen molar-refractivity contribution in [1.29, 1.82) is 0 Å². The third kappa shape index (κ3) is 3.89. The van der Waals surface area contributed by atoms with Gasteiger partial charge in [-0.25, -0.2) is 4.39 Å². The number of hydrogen-bond acceptors (Lipinski definition) is 2. The minimum absolute atomic E-state index is 0.232. The number of aryl methyl sites for hydroxylation is 2. The van der Waals surface area contributed by atoms with Crippen molar-refractivity contribution < 1.29 is 14.0 Å². The highest BCUT2D eigenvalue weighted by Gasteiger charge is 2.14. The number of carbonyl (C=O) groups is 2. The van der Waals surface area contributed by atoms with Gasteiger partial charge in [-0.3, -0.25) is 9.59 Å². The molecule has 0 aliphatic rings. The maximum Gasteiger partial charge on any atom is 0.314 e. The number of benzene rings is 2. The zero-order valence-corrected chi connectivity index (χ0v) is 11.7. The summed E-state index contributed by atoms with van der Waals surface area (Å²) in [6.07, 6.45) is 0. The van der Waals surface area contributed by atoms with Gasteiger partial charge in [0.25, 0.3) is 0 Å². The van der Waals surface area contributed by atoms with E-state index in [4.69, 9.17) is 0 Å². The highest BCUT2D eigenvalue weighted by molar-refractivity contribution is 6.43. The van der Waals surface area contributed by atoms with Gasteiger partial charge >= 0.3 is 11.8 Å². The molecule has 0 aromatic heterocycles. The van der Waals surface area contributed by atoms with Crippen molar-refractivity contribution in [3.63, 3.8) is 0 Å². The molecule has 0 spiro atoms. The molecule has 108 valence electrons. The fourth-order valence-corrected chi connectivity index (χ4v) is 1.76. The summed E-state index contributed by atoms with van der Waals surface area (Å²) in [4.78, 5) is 23.5. The second kappa shape index (κ2) is 6.17. The Kier molecular flexibility index (Phi) is 4.33. The lowest BCUT2D eigenvalue weighted by Gasteiger charge is -2.08. The van der Waals surface area contributed by atoms with E-state index in [2.05, 4.69) is 10.6 Å². The van der Waals surface area contributed by atoms with E-state index < -0.39 is 17.6 Å². The minimum Gasteiger partial charge on any atom is -0.318 e. The van der Waals surface area contributed by atoms with Crippen LogP contribution in [-0.4, -0.2) is 11.8 Å². The molecular weight excluding hydrogens is 271 g/mol. The third-order valence-electron chi connectivity index (χ3n) is 3.05. The molecule has 0 radical (unpaired) electrons. The van der Waals surface area contributed by atoms with Gasteiger partial charge in [-0.05, 0) is 55.3 Å². The largest absolute Gasteiger partial charge is 0.318 e. The Labute approximate surface area is 122 Å². The molecule has 0 saturated heterocycles. The first kappa shape index (κ1) is 14.7. The second-order valence-electron chi connectivity index (χ2n) is 4.72. The van der Waals surface area contributed by atoms with Crippen molar-refractivity contribution in [3.05, 3.63) is 59.4 Å². The summed E-state index contributed by atoms with van der Waals surface area (Å²) in [5.74, 6) is -2.14. The van der Waals surface area contributed by atoms with Crippen molar-refractivity contribution in [1.82, 2.24) is 0 Å². The molecule has 4 nitrogen and oxygen atoms in total. The molecule has 21 heavy (non-hydrogen) atoms. The van der Waals surface area contributed by atoms with Crippen LogP contribution in [0.15, 0.2) is 42.5 Å².